The Morgan fingerprint density at radius 2 is 1.76 bits per heavy atom. The second kappa shape index (κ2) is 8.53. The van der Waals surface area contributed by atoms with Crippen LogP contribution in [0.1, 0.15) is 5.56 Å². The SMILES string of the molecule is [C-]#[N+]c1cc(C(F)(F)F)ccc1S(=O)(=O)N1C[C@H](S(=O)(=O)c2ccc(Cl)cc2)[C@](O)(CO)C1. The third-order valence-electron chi connectivity index (χ3n) is 5.23. The van der Waals surface area contributed by atoms with Crippen LogP contribution < -0.4 is 0 Å². The van der Waals surface area contributed by atoms with E-state index in [0.717, 1.165) is 12.1 Å². The smallest absolute Gasteiger partial charge is 0.393 e. The summed E-state index contributed by atoms with van der Waals surface area (Å²) in [5, 5.41) is 18.9. The van der Waals surface area contributed by atoms with Gasteiger partial charge < -0.3 is 10.2 Å². The molecule has 14 heteroatoms. The molecule has 2 atom stereocenters. The summed E-state index contributed by atoms with van der Waals surface area (Å²) in [5.41, 5.74) is -4.46. The first-order valence-electron chi connectivity index (χ1n) is 9.08. The van der Waals surface area contributed by atoms with Crippen LogP contribution in [0.4, 0.5) is 18.9 Å². The van der Waals surface area contributed by atoms with E-state index in [2.05, 4.69) is 4.85 Å². The lowest BCUT2D eigenvalue weighted by atomic mass is 10.1. The van der Waals surface area contributed by atoms with Crippen molar-refractivity contribution < 1.29 is 40.2 Å². The van der Waals surface area contributed by atoms with Gasteiger partial charge in [-0.15, -0.1) is 0 Å². The van der Waals surface area contributed by atoms with Crippen LogP contribution in [-0.4, -0.2) is 61.9 Å². The quantitative estimate of drug-likeness (QED) is 0.581. The molecular weight excluding hydrogens is 509 g/mol. The van der Waals surface area contributed by atoms with E-state index in [1.807, 2.05) is 0 Å². The maximum Gasteiger partial charge on any atom is 0.415 e. The molecule has 1 fully saturated rings. The lowest BCUT2D eigenvalue weighted by molar-refractivity contribution is -0.137. The topological polar surface area (TPSA) is 116 Å². The molecule has 1 saturated heterocycles. The third kappa shape index (κ3) is 4.59. The Labute approximate surface area is 192 Å². The van der Waals surface area contributed by atoms with Crippen LogP contribution in [0.5, 0.6) is 0 Å². The highest BCUT2D eigenvalue weighted by Gasteiger charge is 2.55. The first-order chi connectivity index (χ1) is 15.2. The van der Waals surface area contributed by atoms with Gasteiger partial charge in [0.2, 0.25) is 15.7 Å². The molecule has 1 aliphatic heterocycles. The monoisotopic (exact) mass is 524 g/mol. The molecule has 8 nitrogen and oxygen atoms in total. The van der Waals surface area contributed by atoms with Gasteiger partial charge in [0.05, 0.1) is 23.0 Å². The zero-order chi connectivity index (χ0) is 24.8. The highest BCUT2D eigenvalue weighted by atomic mass is 35.5. The maximum absolute atomic E-state index is 13.1. The molecule has 2 aromatic carbocycles. The number of benzene rings is 2. The zero-order valence-corrected chi connectivity index (χ0v) is 18.9. The average Bonchev–Trinajstić information content (AvgIpc) is 3.12. The van der Waals surface area contributed by atoms with Gasteiger partial charge >= 0.3 is 6.18 Å². The van der Waals surface area contributed by atoms with E-state index in [1.165, 1.54) is 12.1 Å². The van der Waals surface area contributed by atoms with Crippen LogP contribution in [0.2, 0.25) is 5.02 Å². The Balaban J connectivity index is 2.05. The van der Waals surface area contributed by atoms with Crippen molar-refractivity contribution in [2.45, 2.75) is 26.8 Å². The largest absolute Gasteiger partial charge is 0.415 e. The number of sulfone groups is 1. The van der Waals surface area contributed by atoms with Gasteiger partial charge in [0.1, 0.15) is 10.9 Å². The second-order valence-electron chi connectivity index (χ2n) is 7.34. The fourth-order valence-electron chi connectivity index (χ4n) is 3.48. The van der Waals surface area contributed by atoms with Gasteiger partial charge in [-0.2, -0.15) is 17.5 Å². The molecule has 178 valence electrons. The number of halogens is 4. The molecule has 3 rings (SSSR count). The molecule has 0 saturated carbocycles. The van der Waals surface area contributed by atoms with E-state index in [4.69, 9.17) is 18.2 Å². The van der Waals surface area contributed by atoms with Gasteiger partial charge in [-0.1, -0.05) is 23.7 Å². The van der Waals surface area contributed by atoms with Gasteiger partial charge in [0.25, 0.3) is 0 Å². The predicted molar refractivity (Wildman–Crippen MR) is 111 cm³/mol. The van der Waals surface area contributed by atoms with Crippen LogP contribution in [0.3, 0.4) is 0 Å². The summed E-state index contributed by atoms with van der Waals surface area (Å²) >= 11 is 5.76. The van der Waals surface area contributed by atoms with Crippen LogP contribution in [0.25, 0.3) is 4.85 Å². The fourth-order valence-corrected chi connectivity index (χ4v) is 7.27. The van der Waals surface area contributed by atoms with E-state index in [-0.39, 0.29) is 9.92 Å². The first-order valence-corrected chi connectivity index (χ1v) is 12.4. The highest BCUT2D eigenvalue weighted by molar-refractivity contribution is 7.92. The number of rotatable bonds is 5. The zero-order valence-electron chi connectivity index (χ0n) is 16.5. The molecule has 0 bridgehead atoms. The lowest BCUT2D eigenvalue weighted by Crippen LogP contribution is -2.49. The Bertz CT molecular complexity index is 1320. The molecular formula is C19H16ClF3N2O6S2. The van der Waals surface area contributed by atoms with Crippen molar-refractivity contribution >= 4 is 37.1 Å². The summed E-state index contributed by atoms with van der Waals surface area (Å²) in [6.07, 6.45) is -4.82. The summed E-state index contributed by atoms with van der Waals surface area (Å²) in [5.74, 6) is 0. The van der Waals surface area contributed by atoms with E-state index < -0.39 is 72.7 Å². The third-order valence-corrected chi connectivity index (χ3v) is 9.61. The number of hydrogen-bond donors (Lipinski definition) is 2. The Morgan fingerprint density at radius 3 is 2.27 bits per heavy atom. The van der Waals surface area contributed by atoms with Gasteiger partial charge in [-0.05, 0) is 30.3 Å². The molecule has 33 heavy (non-hydrogen) atoms. The number of nitrogens with zero attached hydrogens (tertiary/aromatic N) is 2. The van der Waals surface area contributed by atoms with Crippen molar-refractivity contribution in [3.63, 3.8) is 0 Å². The summed E-state index contributed by atoms with van der Waals surface area (Å²) in [7, 11) is -9.09. The minimum absolute atomic E-state index is 0.232. The summed E-state index contributed by atoms with van der Waals surface area (Å²) in [6, 6.07) is 6.32. The van der Waals surface area contributed by atoms with E-state index in [1.54, 1.807) is 0 Å². The summed E-state index contributed by atoms with van der Waals surface area (Å²) in [4.78, 5) is 1.80. The van der Waals surface area contributed by atoms with Crippen molar-refractivity contribution in [1.29, 1.82) is 0 Å². The normalized spacial score (nSPS) is 22.3. The molecule has 0 aromatic heterocycles. The minimum atomic E-state index is -4.82. The Hall–Kier alpha value is -2.21. The Kier molecular flexibility index (Phi) is 6.57. The molecule has 1 aliphatic rings. The average molecular weight is 525 g/mol. The first kappa shape index (κ1) is 25.4. The number of sulfonamides is 1. The van der Waals surface area contributed by atoms with Crippen LogP contribution >= 0.6 is 11.6 Å². The number of alkyl halides is 3. The number of hydrogen-bond acceptors (Lipinski definition) is 6. The molecule has 0 unspecified atom stereocenters. The maximum atomic E-state index is 13.1. The van der Waals surface area contributed by atoms with Crippen molar-refractivity contribution in [3.05, 3.63) is 64.5 Å². The summed E-state index contributed by atoms with van der Waals surface area (Å²) in [6.45, 7) is 4.32. The minimum Gasteiger partial charge on any atom is -0.393 e. The number of β-amino-alcohol motifs (C(OH)–C–C–N with tert-alkyl or cyclic N) is 1. The molecule has 0 radical (unpaired) electrons. The van der Waals surface area contributed by atoms with E-state index in [9.17, 15) is 40.2 Å². The number of aliphatic hydroxyl groups is 2. The van der Waals surface area contributed by atoms with E-state index in [0.29, 0.717) is 22.5 Å². The second-order valence-corrected chi connectivity index (χ2v) is 11.8. The standard InChI is InChI=1S/C19H16ClF3N2O6S2/c1-24-15-8-12(19(21,22)23)2-7-16(15)33(30,31)25-9-17(18(27,10-25)11-26)32(28,29)14-5-3-13(20)4-6-14/h2-8,17,26-27H,9-11H2/t17-,18+/m0/s1. The molecule has 0 aliphatic carbocycles. The van der Waals surface area contributed by atoms with Crippen LogP contribution in [0, 0.1) is 6.57 Å². The lowest BCUT2D eigenvalue weighted by Gasteiger charge is -2.26. The molecule has 0 amide bonds. The fraction of sp³-hybridized carbons (Fsp3) is 0.316. The molecule has 0 spiro atoms. The van der Waals surface area contributed by atoms with Crippen molar-refractivity contribution in [2.75, 3.05) is 19.7 Å². The molecule has 1 heterocycles. The van der Waals surface area contributed by atoms with Gasteiger partial charge in [0.15, 0.2) is 9.84 Å². The highest BCUT2D eigenvalue weighted by Crippen LogP contribution is 2.39. The van der Waals surface area contributed by atoms with Gasteiger partial charge in [-0.25, -0.2) is 21.7 Å². The summed E-state index contributed by atoms with van der Waals surface area (Å²) < 4.78 is 91.8. The van der Waals surface area contributed by atoms with Gasteiger partial charge in [-0.3, -0.25) is 0 Å². The molecule has 2 N–H and O–H groups in total. The molecule has 2 aromatic rings. The van der Waals surface area contributed by atoms with E-state index >= 15 is 0 Å². The van der Waals surface area contributed by atoms with Crippen molar-refractivity contribution in [1.82, 2.24) is 4.31 Å². The van der Waals surface area contributed by atoms with Crippen LogP contribution in [-0.2, 0) is 26.0 Å². The van der Waals surface area contributed by atoms with Crippen LogP contribution in [0.15, 0.2) is 52.3 Å². The predicted octanol–water partition coefficient (Wildman–Crippen LogP) is 2.48. The Morgan fingerprint density at radius 1 is 1.15 bits per heavy atom. The van der Waals surface area contributed by atoms with Crippen molar-refractivity contribution in [2.24, 2.45) is 0 Å². The van der Waals surface area contributed by atoms with Crippen molar-refractivity contribution in [3.8, 4) is 0 Å². The number of aliphatic hydroxyl groups excluding tert-OH is 1. The van der Waals surface area contributed by atoms with Gasteiger partial charge in [0, 0.05) is 23.7 Å².